The van der Waals surface area contributed by atoms with Crippen LogP contribution in [0.15, 0.2) is 96.6 Å². The van der Waals surface area contributed by atoms with E-state index in [4.69, 9.17) is 0 Å². The van der Waals surface area contributed by atoms with Gasteiger partial charge in [-0.1, -0.05) is 84.4 Å². The van der Waals surface area contributed by atoms with Gasteiger partial charge in [-0.2, -0.15) is 0 Å². The number of hydrogen-bond acceptors (Lipinski definition) is 2. The minimum Gasteiger partial charge on any atom is -0.507 e. The Hall–Kier alpha value is -3.13. The van der Waals surface area contributed by atoms with Crippen molar-refractivity contribution in [3.8, 4) is 5.75 Å². The van der Waals surface area contributed by atoms with Crippen molar-refractivity contribution >= 4 is 5.78 Å². The van der Waals surface area contributed by atoms with Crippen LogP contribution in [0.3, 0.4) is 0 Å². The molecule has 0 radical (unpaired) electrons. The van der Waals surface area contributed by atoms with Crippen molar-refractivity contribution in [2.45, 2.75) is 25.2 Å². The van der Waals surface area contributed by atoms with E-state index in [0.717, 1.165) is 12.0 Å². The lowest BCUT2D eigenvalue weighted by Gasteiger charge is -2.36. The van der Waals surface area contributed by atoms with Gasteiger partial charge in [0, 0.05) is 11.8 Å². The predicted octanol–water partition coefficient (Wildman–Crippen LogP) is 6.11. The molecule has 2 heteroatoms. The first kappa shape index (κ1) is 18.2. The highest BCUT2D eigenvalue weighted by molar-refractivity contribution is 6.01. The molecule has 0 fully saturated rings. The molecule has 1 N–H and O–H groups in total. The van der Waals surface area contributed by atoms with Crippen LogP contribution in [0.25, 0.3) is 0 Å². The Kier molecular flexibility index (Phi) is 5.12. The van der Waals surface area contributed by atoms with Gasteiger partial charge < -0.3 is 5.11 Å². The van der Waals surface area contributed by atoms with Crippen molar-refractivity contribution < 1.29 is 9.90 Å². The topological polar surface area (TPSA) is 37.3 Å². The van der Waals surface area contributed by atoms with Crippen molar-refractivity contribution in [3.63, 3.8) is 0 Å². The number of benzene rings is 3. The molecule has 0 unspecified atom stereocenters. The second-order valence-corrected chi connectivity index (χ2v) is 7.58. The molecule has 3 aromatic carbocycles. The van der Waals surface area contributed by atoms with Crippen LogP contribution in [0.4, 0.5) is 0 Å². The molecule has 3 aromatic rings. The number of Topliss-reactive ketones (excluding diaryl/α,β-unsaturated/α-hetero) is 1. The predicted molar refractivity (Wildman–Crippen MR) is 113 cm³/mol. The van der Waals surface area contributed by atoms with Gasteiger partial charge in [0.1, 0.15) is 5.75 Å². The largest absolute Gasteiger partial charge is 0.507 e. The molecule has 1 aliphatic rings. The quantitative estimate of drug-likeness (QED) is 0.446. The summed E-state index contributed by atoms with van der Waals surface area (Å²) in [6, 6.07) is 27.4. The maximum atomic E-state index is 13.7. The summed E-state index contributed by atoms with van der Waals surface area (Å²) in [5, 5.41) is 10.3. The minimum atomic E-state index is -0.262. The second kappa shape index (κ2) is 7.85. The second-order valence-electron chi connectivity index (χ2n) is 7.58. The van der Waals surface area contributed by atoms with Gasteiger partial charge in [0.15, 0.2) is 5.78 Å². The number of allylic oxidation sites excluding steroid dienone is 2. The molecule has 2 nitrogen and oxygen atoms in total. The summed E-state index contributed by atoms with van der Waals surface area (Å²) in [6.07, 6.45) is 3.08. The Bertz CT molecular complexity index is 989. The van der Waals surface area contributed by atoms with Crippen LogP contribution in [0, 0.1) is 5.92 Å². The van der Waals surface area contributed by atoms with Gasteiger partial charge >= 0.3 is 0 Å². The van der Waals surface area contributed by atoms with E-state index in [1.165, 1.54) is 11.1 Å². The Morgan fingerprint density at radius 2 is 1.39 bits per heavy atom. The fourth-order valence-corrected chi connectivity index (χ4v) is 4.41. The summed E-state index contributed by atoms with van der Waals surface area (Å²) in [4.78, 5) is 13.7. The van der Waals surface area contributed by atoms with Gasteiger partial charge in [0.25, 0.3) is 0 Å². The molecule has 4 rings (SSSR count). The molecule has 0 spiro atoms. The van der Waals surface area contributed by atoms with Crippen LogP contribution in [0.2, 0.25) is 0 Å². The van der Waals surface area contributed by atoms with Gasteiger partial charge in [-0.3, -0.25) is 4.79 Å². The molecule has 0 amide bonds. The van der Waals surface area contributed by atoms with Crippen LogP contribution in [-0.4, -0.2) is 10.9 Å². The Labute approximate surface area is 166 Å². The number of aromatic hydroxyl groups is 1. The molecule has 140 valence electrons. The van der Waals surface area contributed by atoms with E-state index in [9.17, 15) is 9.90 Å². The fourth-order valence-electron chi connectivity index (χ4n) is 4.41. The normalized spacial score (nSPS) is 21.8. The highest BCUT2D eigenvalue weighted by atomic mass is 16.3. The van der Waals surface area contributed by atoms with E-state index in [2.05, 4.69) is 37.3 Å². The molecule has 0 bridgehead atoms. The highest BCUT2D eigenvalue weighted by Crippen LogP contribution is 2.47. The number of phenolic OH excluding ortho intramolecular Hbond substituents is 1. The number of rotatable bonds is 4. The van der Waals surface area contributed by atoms with Crippen molar-refractivity contribution in [1.82, 2.24) is 0 Å². The first-order chi connectivity index (χ1) is 13.6. The lowest BCUT2D eigenvalue weighted by atomic mass is 9.66. The Balaban J connectivity index is 1.86. The molecule has 0 aromatic heterocycles. The Morgan fingerprint density at radius 1 is 0.821 bits per heavy atom. The summed E-state index contributed by atoms with van der Waals surface area (Å²) in [7, 11) is 0. The molecule has 0 heterocycles. The minimum absolute atomic E-state index is 0.00422. The van der Waals surface area contributed by atoms with Crippen LogP contribution in [0.1, 0.15) is 46.7 Å². The van der Waals surface area contributed by atoms with Gasteiger partial charge in [0.05, 0.1) is 5.56 Å². The monoisotopic (exact) mass is 368 g/mol. The third-order valence-corrected chi connectivity index (χ3v) is 5.71. The van der Waals surface area contributed by atoms with Crippen LogP contribution >= 0.6 is 0 Å². The van der Waals surface area contributed by atoms with Crippen LogP contribution < -0.4 is 0 Å². The first-order valence-electron chi connectivity index (χ1n) is 9.74. The lowest BCUT2D eigenvalue weighted by molar-refractivity contribution is 0.0878. The summed E-state index contributed by atoms with van der Waals surface area (Å²) >= 11 is 0. The average molecular weight is 368 g/mol. The smallest absolute Gasteiger partial charge is 0.171 e. The summed E-state index contributed by atoms with van der Waals surface area (Å²) in [5.74, 6) is -0.153. The maximum absolute atomic E-state index is 13.7. The zero-order valence-corrected chi connectivity index (χ0v) is 16.0. The van der Waals surface area contributed by atoms with E-state index in [1.807, 2.05) is 42.5 Å². The number of para-hydroxylation sites is 1. The Morgan fingerprint density at radius 3 is 2.04 bits per heavy atom. The highest BCUT2D eigenvalue weighted by Gasteiger charge is 2.39. The van der Waals surface area contributed by atoms with Crippen molar-refractivity contribution in [2.24, 2.45) is 5.92 Å². The molecule has 0 saturated heterocycles. The lowest BCUT2D eigenvalue weighted by Crippen LogP contribution is -2.31. The SMILES string of the molecule is CC1=C[C@@H](c2ccccc2)[C@@H](C(=O)c2ccccc2O)[C@H](c2ccccc2)C1. The average Bonchev–Trinajstić information content (AvgIpc) is 2.74. The van der Waals surface area contributed by atoms with Gasteiger partial charge in [0.2, 0.25) is 0 Å². The summed E-state index contributed by atoms with van der Waals surface area (Å²) in [6.45, 7) is 2.15. The number of hydrogen-bond donors (Lipinski definition) is 1. The van der Waals surface area contributed by atoms with Gasteiger partial charge in [-0.05, 0) is 42.5 Å². The standard InChI is InChI=1S/C26H24O2/c1-18-16-22(19-10-4-2-5-11-19)25(23(17-18)20-12-6-3-7-13-20)26(28)21-14-8-9-15-24(21)27/h2-16,22-23,25,27H,17H2,1H3/t22-,23-,25+/m0/s1. The van der Waals surface area contributed by atoms with E-state index in [0.29, 0.717) is 5.56 Å². The molecular weight excluding hydrogens is 344 g/mol. The van der Waals surface area contributed by atoms with Crippen LogP contribution in [0.5, 0.6) is 5.75 Å². The van der Waals surface area contributed by atoms with E-state index in [1.54, 1.807) is 18.2 Å². The summed E-state index contributed by atoms with van der Waals surface area (Å²) in [5.41, 5.74) is 4.01. The maximum Gasteiger partial charge on any atom is 0.171 e. The van der Waals surface area contributed by atoms with Gasteiger partial charge in [-0.25, -0.2) is 0 Å². The van der Waals surface area contributed by atoms with Crippen LogP contribution in [-0.2, 0) is 0 Å². The molecular formula is C26H24O2. The molecule has 0 saturated carbocycles. The zero-order valence-electron chi connectivity index (χ0n) is 16.0. The molecule has 1 aliphatic carbocycles. The van der Waals surface area contributed by atoms with E-state index >= 15 is 0 Å². The third-order valence-electron chi connectivity index (χ3n) is 5.71. The first-order valence-corrected chi connectivity index (χ1v) is 9.74. The van der Waals surface area contributed by atoms with Gasteiger partial charge in [-0.15, -0.1) is 0 Å². The van der Waals surface area contributed by atoms with Crippen molar-refractivity contribution in [3.05, 3.63) is 113 Å². The molecule has 0 aliphatic heterocycles. The third kappa shape index (κ3) is 3.50. The number of phenols is 1. The van der Waals surface area contributed by atoms with Crippen molar-refractivity contribution in [2.75, 3.05) is 0 Å². The molecule has 28 heavy (non-hydrogen) atoms. The molecule has 3 atom stereocenters. The fraction of sp³-hybridized carbons (Fsp3) is 0.192. The van der Waals surface area contributed by atoms with Crippen molar-refractivity contribution in [1.29, 1.82) is 0 Å². The van der Waals surface area contributed by atoms with E-state index < -0.39 is 0 Å². The summed E-state index contributed by atoms with van der Waals surface area (Å²) < 4.78 is 0. The number of ketones is 1. The van der Waals surface area contributed by atoms with E-state index in [-0.39, 0.29) is 29.3 Å². The zero-order chi connectivity index (χ0) is 19.5. The number of carbonyl (C=O) groups excluding carboxylic acids is 1. The number of carbonyl (C=O) groups is 1.